The minimum atomic E-state index is -0.476. The van der Waals surface area contributed by atoms with Crippen molar-refractivity contribution in [3.05, 3.63) is 59.9 Å². The number of nitrogens with zero attached hydrogens (tertiary/aromatic N) is 4. The Morgan fingerprint density at radius 3 is 2.30 bits per heavy atom. The standard InChI is InChI=1S/C22H22N8O3/c1-12-8-17(32-2)18(33-3)9-15(12)26-21-24-11-25-22(28-21)27-19-10-16(29-30-19)13-4-6-14(7-5-13)20(23)31/h4-11H,1-3H3,(H2,23,31)(H3,24,25,26,27,28,29,30). The summed E-state index contributed by atoms with van der Waals surface area (Å²) >= 11 is 0. The third-order valence-electron chi connectivity index (χ3n) is 4.85. The molecule has 2 aromatic heterocycles. The van der Waals surface area contributed by atoms with Gasteiger partial charge >= 0.3 is 0 Å². The summed E-state index contributed by atoms with van der Waals surface area (Å²) in [7, 11) is 3.16. The molecule has 2 aromatic carbocycles. The van der Waals surface area contributed by atoms with Crippen molar-refractivity contribution in [3.8, 4) is 22.8 Å². The Morgan fingerprint density at radius 1 is 0.970 bits per heavy atom. The monoisotopic (exact) mass is 446 g/mol. The van der Waals surface area contributed by atoms with Gasteiger partial charge in [-0.3, -0.25) is 9.89 Å². The van der Waals surface area contributed by atoms with Gasteiger partial charge in [-0.25, -0.2) is 9.97 Å². The first-order chi connectivity index (χ1) is 16.0. The maximum absolute atomic E-state index is 11.2. The van der Waals surface area contributed by atoms with E-state index in [2.05, 4.69) is 35.8 Å². The average molecular weight is 446 g/mol. The molecule has 11 nitrogen and oxygen atoms in total. The second kappa shape index (κ2) is 9.22. The topological polar surface area (TPSA) is 153 Å². The number of H-pyrrole nitrogens is 1. The highest BCUT2D eigenvalue weighted by molar-refractivity contribution is 5.93. The van der Waals surface area contributed by atoms with Gasteiger partial charge in [0.2, 0.25) is 17.8 Å². The van der Waals surface area contributed by atoms with Crippen LogP contribution in [-0.2, 0) is 0 Å². The molecule has 0 fully saturated rings. The molecule has 0 bridgehead atoms. The van der Waals surface area contributed by atoms with Crippen molar-refractivity contribution >= 4 is 29.3 Å². The number of aromatic amines is 1. The van der Waals surface area contributed by atoms with Crippen molar-refractivity contribution in [1.82, 2.24) is 25.1 Å². The van der Waals surface area contributed by atoms with Crippen LogP contribution in [0.5, 0.6) is 11.5 Å². The lowest BCUT2D eigenvalue weighted by Gasteiger charge is -2.13. The minimum Gasteiger partial charge on any atom is -0.493 e. The van der Waals surface area contributed by atoms with Crippen molar-refractivity contribution < 1.29 is 14.3 Å². The maximum Gasteiger partial charge on any atom is 0.248 e. The molecule has 0 saturated carbocycles. The van der Waals surface area contributed by atoms with E-state index in [1.54, 1.807) is 44.6 Å². The van der Waals surface area contributed by atoms with E-state index in [1.165, 1.54) is 6.33 Å². The average Bonchev–Trinajstić information content (AvgIpc) is 3.28. The zero-order valence-electron chi connectivity index (χ0n) is 18.2. The van der Waals surface area contributed by atoms with Gasteiger partial charge in [0.15, 0.2) is 17.3 Å². The molecule has 0 radical (unpaired) electrons. The van der Waals surface area contributed by atoms with Crippen LogP contribution in [0.4, 0.5) is 23.4 Å². The zero-order valence-corrected chi connectivity index (χ0v) is 18.2. The molecule has 0 saturated heterocycles. The van der Waals surface area contributed by atoms with E-state index in [0.717, 1.165) is 22.5 Å². The zero-order chi connectivity index (χ0) is 23.4. The lowest BCUT2D eigenvalue weighted by atomic mass is 10.1. The molecule has 33 heavy (non-hydrogen) atoms. The number of hydrogen-bond donors (Lipinski definition) is 4. The molecule has 2 heterocycles. The summed E-state index contributed by atoms with van der Waals surface area (Å²) in [5, 5.41) is 13.4. The van der Waals surface area contributed by atoms with Gasteiger partial charge in [-0.2, -0.15) is 10.1 Å². The number of ether oxygens (including phenoxy) is 2. The van der Waals surface area contributed by atoms with E-state index in [1.807, 2.05) is 19.1 Å². The van der Waals surface area contributed by atoms with Crippen molar-refractivity contribution in [2.45, 2.75) is 6.92 Å². The molecule has 0 atom stereocenters. The third kappa shape index (κ3) is 4.82. The largest absolute Gasteiger partial charge is 0.493 e. The molecule has 11 heteroatoms. The van der Waals surface area contributed by atoms with Gasteiger partial charge in [0, 0.05) is 23.4 Å². The normalized spacial score (nSPS) is 10.5. The summed E-state index contributed by atoms with van der Waals surface area (Å²) in [4.78, 5) is 24.0. The Bertz CT molecular complexity index is 1290. The molecule has 0 aliphatic heterocycles. The van der Waals surface area contributed by atoms with Crippen molar-refractivity contribution in [1.29, 1.82) is 0 Å². The van der Waals surface area contributed by atoms with Crippen LogP contribution in [0, 0.1) is 6.92 Å². The second-order valence-electron chi connectivity index (χ2n) is 7.01. The van der Waals surface area contributed by atoms with E-state index in [-0.39, 0.29) is 0 Å². The summed E-state index contributed by atoms with van der Waals surface area (Å²) in [6.45, 7) is 1.94. The number of hydrogen-bond acceptors (Lipinski definition) is 9. The van der Waals surface area contributed by atoms with E-state index >= 15 is 0 Å². The molecule has 0 aliphatic rings. The molecule has 0 aliphatic carbocycles. The lowest BCUT2D eigenvalue weighted by Crippen LogP contribution is -2.10. The fraction of sp³-hybridized carbons (Fsp3) is 0.136. The van der Waals surface area contributed by atoms with Gasteiger partial charge < -0.3 is 25.8 Å². The van der Waals surface area contributed by atoms with Gasteiger partial charge in [0.05, 0.1) is 19.9 Å². The molecule has 5 N–H and O–H groups in total. The summed E-state index contributed by atoms with van der Waals surface area (Å²) in [5.41, 5.74) is 9.02. The predicted molar refractivity (Wildman–Crippen MR) is 123 cm³/mol. The molecule has 1 amide bonds. The summed E-state index contributed by atoms with van der Waals surface area (Å²) in [6, 6.07) is 12.4. The van der Waals surface area contributed by atoms with Gasteiger partial charge in [-0.1, -0.05) is 12.1 Å². The third-order valence-corrected chi connectivity index (χ3v) is 4.85. The van der Waals surface area contributed by atoms with Gasteiger partial charge in [0.1, 0.15) is 6.33 Å². The Morgan fingerprint density at radius 2 is 1.64 bits per heavy atom. The van der Waals surface area contributed by atoms with Crippen molar-refractivity contribution in [2.75, 3.05) is 24.9 Å². The number of primary amides is 1. The number of rotatable bonds is 8. The van der Waals surface area contributed by atoms with Crippen LogP contribution in [0.1, 0.15) is 15.9 Å². The first-order valence-electron chi connectivity index (χ1n) is 9.88. The number of carbonyl (C=O) groups is 1. The molecule has 4 aromatic rings. The molecule has 4 rings (SSSR count). The molecule has 168 valence electrons. The number of nitrogens with one attached hydrogen (secondary N) is 3. The van der Waals surface area contributed by atoms with Crippen LogP contribution >= 0.6 is 0 Å². The lowest BCUT2D eigenvalue weighted by molar-refractivity contribution is 0.100. The van der Waals surface area contributed by atoms with Gasteiger partial charge in [-0.15, -0.1) is 0 Å². The van der Waals surface area contributed by atoms with E-state index < -0.39 is 5.91 Å². The first kappa shape index (κ1) is 21.6. The van der Waals surface area contributed by atoms with Crippen LogP contribution in [0.2, 0.25) is 0 Å². The molecule has 0 unspecified atom stereocenters. The highest BCUT2D eigenvalue weighted by atomic mass is 16.5. The minimum absolute atomic E-state index is 0.313. The second-order valence-corrected chi connectivity index (χ2v) is 7.01. The Kier molecular flexibility index (Phi) is 6.02. The highest BCUT2D eigenvalue weighted by Crippen LogP contribution is 2.33. The maximum atomic E-state index is 11.2. The Balaban J connectivity index is 1.50. The van der Waals surface area contributed by atoms with Crippen LogP contribution in [0.25, 0.3) is 11.3 Å². The highest BCUT2D eigenvalue weighted by Gasteiger charge is 2.11. The van der Waals surface area contributed by atoms with Crippen molar-refractivity contribution in [2.24, 2.45) is 5.73 Å². The van der Waals surface area contributed by atoms with E-state index in [4.69, 9.17) is 15.2 Å². The SMILES string of the molecule is COc1cc(C)c(Nc2ncnc(Nc3cc(-c4ccc(C(N)=O)cc4)[nH]n3)n2)cc1OC. The molecular weight excluding hydrogens is 424 g/mol. The Labute approximate surface area is 189 Å². The number of carbonyl (C=O) groups excluding carboxylic acids is 1. The van der Waals surface area contributed by atoms with Crippen LogP contribution in [-0.4, -0.2) is 45.3 Å². The van der Waals surface area contributed by atoms with Crippen LogP contribution in [0.15, 0.2) is 48.8 Å². The van der Waals surface area contributed by atoms with Crippen LogP contribution in [0.3, 0.4) is 0 Å². The molecular formula is C22H22N8O3. The molecule has 0 spiro atoms. The van der Waals surface area contributed by atoms with E-state index in [0.29, 0.717) is 34.8 Å². The number of nitrogens with two attached hydrogens (primary N) is 1. The predicted octanol–water partition coefficient (Wildman–Crippen LogP) is 3.17. The summed E-state index contributed by atoms with van der Waals surface area (Å²) < 4.78 is 10.7. The number of aromatic nitrogens is 5. The van der Waals surface area contributed by atoms with Crippen LogP contribution < -0.4 is 25.8 Å². The fourth-order valence-corrected chi connectivity index (χ4v) is 3.11. The quantitative estimate of drug-likeness (QED) is 0.319. The number of anilines is 4. The fourth-order valence-electron chi connectivity index (χ4n) is 3.11. The number of amides is 1. The smallest absolute Gasteiger partial charge is 0.248 e. The number of aryl methyl sites for hydroxylation is 1. The van der Waals surface area contributed by atoms with Gasteiger partial charge in [-0.05, 0) is 36.2 Å². The number of methoxy groups -OCH3 is 2. The summed E-state index contributed by atoms with van der Waals surface area (Å²) in [6.07, 6.45) is 1.39. The summed E-state index contributed by atoms with van der Waals surface area (Å²) in [5.74, 6) is 1.93. The van der Waals surface area contributed by atoms with E-state index in [9.17, 15) is 4.79 Å². The van der Waals surface area contributed by atoms with Crippen molar-refractivity contribution in [3.63, 3.8) is 0 Å². The Hall–Kier alpha value is -4.67. The first-order valence-corrected chi connectivity index (χ1v) is 9.88. The van der Waals surface area contributed by atoms with Gasteiger partial charge in [0.25, 0.3) is 0 Å². The number of benzene rings is 2.